The van der Waals surface area contributed by atoms with E-state index in [-0.39, 0.29) is 5.97 Å². The maximum Gasteiger partial charge on any atom is 0.355 e. The summed E-state index contributed by atoms with van der Waals surface area (Å²) in [5.41, 5.74) is 2.16. The van der Waals surface area contributed by atoms with E-state index < -0.39 is 5.60 Å². The molecule has 0 saturated carbocycles. The van der Waals surface area contributed by atoms with Gasteiger partial charge in [-0.2, -0.15) is 0 Å². The third-order valence-electron chi connectivity index (χ3n) is 2.40. The number of hydrogen-bond donors (Lipinski definition) is 1. The van der Waals surface area contributed by atoms with Gasteiger partial charge >= 0.3 is 5.97 Å². The first-order valence-electron chi connectivity index (χ1n) is 5.68. The molecule has 0 aliphatic heterocycles. The van der Waals surface area contributed by atoms with Crippen LogP contribution in [0.25, 0.3) is 10.9 Å². The average molecular weight is 231 g/mol. The molecule has 2 rings (SSSR count). The van der Waals surface area contributed by atoms with Crippen molar-refractivity contribution in [3.05, 3.63) is 35.5 Å². The lowest BCUT2D eigenvalue weighted by atomic mass is 10.2. The second kappa shape index (κ2) is 3.91. The molecule has 17 heavy (non-hydrogen) atoms. The van der Waals surface area contributed by atoms with Crippen molar-refractivity contribution in [2.24, 2.45) is 0 Å². The Morgan fingerprint density at radius 2 is 1.94 bits per heavy atom. The first-order chi connectivity index (χ1) is 7.85. The maximum atomic E-state index is 11.9. The quantitative estimate of drug-likeness (QED) is 0.764. The van der Waals surface area contributed by atoms with Crippen molar-refractivity contribution in [3.8, 4) is 0 Å². The van der Waals surface area contributed by atoms with Gasteiger partial charge in [-0.3, -0.25) is 0 Å². The molecule has 0 fully saturated rings. The molecule has 0 radical (unpaired) electrons. The largest absolute Gasteiger partial charge is 0.455 e. The molecule has 90 valence electrons. The van der Waals surface area contributed by atoms with Crippen LogP contribution in [0.5, 0.6) is 0 Å². The molecule has 0 aliphatic carbocycles. The zero-order valence-corrected chi connectivity index (χ0v) is 10.6. The van der Waals surface area contributed by atoms with E-state index in [4.69, 9.17) is 4.74 Å². The standard InChI is InChI=1S/C14H17NO2/c1-9-5-6-10-8-12(15-11(10)7-9)13(16)17-14(2,3)4/h5-8,15H,1-4H3. The molecule has 0 amide bonds. The van der Waals surface area contributed by atoms with E-state index in [1.165, 1.54) is 0 Å². The average Bonchev–Trinajstić information content (AvgIpc) is 2.57. The molecule has 1 heterocycles. The van der Waals surface area contributed by atoms with E-state index in [9.17, 15) is 4.79 Å². The SMILES string of the molecule is Cc1ccc2cc(C(=O)OC(C)(C)C)[nH]c2c1. The summed E-state index contributed by atoms with van der Waals surface area (Å²) < 4.78 is 5.31. The molecule has 0 saturated heterocycles. The molecule has 0 atom stereocenters. The Balaban J connectivity index is 2.33. The molecule has 1 aromatic heterocycles. The summed E-state index contributed by atoms with van der Waals surface area (Å²) >= 11 is 0. The fourth-order valence-corrected chi connectivity index (χ4v) is 1.68. The highest BCUT2D eigenvalue weighted by molar-refractivity contribution is 5.95. The number of H-pyrrole nitrogens is 1. The summed E-state index contributed by atoms with van der Waals surface area (Å²) in [4.78, 5) is 14.9. The van der Waals surface area contributed by atoms with Crippen LogP contribution in [-0.2, 0) is 4.74 Å². The van der Waals surface area contributed by atoms with Crippen LogP contribution in [0.2, 0.25) is 0 Å². The van der Waals surface area contributed by atoms with E-state index in [0.29, 0.717) is 5.69 Å². The third-order valence-corrected chi connectivity index (χ3v) is 2.40. The minimum atomic E-state index is -0.468. The van der Waals surface area contributed by atoms with Crippen LogP contribution < -0.4 is 0 Å². The van der Waals surface area contributed by atoms with Crippen LogP contribution in [0.3, 0.4) is 0 Å². The lowest BCUT2D eigenvalue weighted by molar-refractivity contribution is 0.00639. The molecule has 3 nitrogen and oxygen atoms in total. The third kappa shape index (κ3) is 2.67. The summed E-state index contributed by atoms with van der Waals surface area (Å²) in [6.07, 6.45) is 0. The lowest BCUT2D eigenvalue weighted by Crippen LogP contribution is -2.24. The lowest BCUT2D eigenvalue weighted by Gasteiger charge is -2.18. The second-order valence-electron chi connectivity index (χ2n) is 5.28. The number of rotatable bonds is 1. The van der Waals surface area contributed by atoms with Gasteiger partial charge in [0.15, 0.2) is 0 Å². The van der Waals surface area contributed by atoms with Gasteiger partial charge in [-0.25, -0.2) is 4.79 Å². The van der Waals surface area contributed by atoms with Gasteiger partial charge in [0.1, 0.15) is 11.3 Å². The van der Waals surface area contributed by atoms with Gasteiger partial charge in [-0.15, -0.1) is 0 Å². The summed E-state index contributed by atoms with van der Waals surface area (Å²) in [5.74, 6) is -0.314. The summed E-state index contributed by atoms with van der Waals surface area (Å²) in [7, 11) is 0. The highest BCUT2D eigenvalue weighted by atomic mass is 16.6. The molecule has 0 unspecified atom stereocenters. The molecule has 3 heteroatoms. The van der Waals surface area contributed by atoms with E-state index in [1.54, 1.807) is 0 Å². The number of esters is 1. The van der Waals surface area contributed by atoms with E-state index in [0.717, 1.165) is 16.5 Å². The Labute approximate surface area is 101 Å². The fourth-order valence-electron chi connectivity index (χ4n) is 1.68. The number of nitrogens with one attached hydrogen (secondary N) is 1. The Kier molecular flexibility index (Phi) is 2.69. The van der Waals surface area contributed by atoms with Gasteiger partial charge in [0.2, 0.25) is 0 Å². The van der Waals surface area contributed by atoms with Gasteiger partial charge in [-0.1, -0.05) is 12.1 Å². The molecular formula is C14H17NO2. The Bertz CT molecular complexity index is 561. The predicted octanol–water partition coefficient (Wildman–Crippen LogP) is 3.43. The molecule has 1 aromatic carbocycles. The van der Waals surface area contributed by atoms with Crippen molar-refractivity contribution in [1.29, 1.82) is 0 Å². The van der Waals surface area contributed by atoms with E-state index in [2.05, 4.69) is 4.98 Å². The first kappa shape index (κ1) is 11.7. The maximum absolute atomic E-state index is 11.9. The monoisotopic (exact) mass is 231 g/mol. The van der Waals surface area contributed by atoms with Gasteiger partial charge in [-0.05, 0) is 45.4 Å². The van der Waals surface area contributed by atoms with Gasteiger partial charge in [0.05, 0.1) is 0 Å². The number of carbonyl (C=O) groups is 1. The number of benzene rings is 1. The summed E-state index contributed by atoms with van der Waals surface area (Å²) in [5, 5.41) is 1.02. The number of aromatic nitrogens is 1. The molecular weight excluding hydrogens is 214 g/mol. The normalized spacial score (nSPS) is 11.8. The van der Waals surface area contributed by atoms with Crippen molar-refractivity contribution < 1.29 is 9.53 Å². The zero-order chi connectivity index (χ0) is 12.6. The first-order valence-corrected chi connectivity index (χ1v) is 5.68. The molecule has 1 N–H and O–H groups in total. The molecule has 0 aliphatic rings. The summed E-state index contributed by atoms with van der Waals surface area (Å²) in [6, 6.07) is 7.86. The number of aromatic amines is 1. The topological polar surface area (TPSA) is 42.1 Å². The van der Waals surface area contributed by atoms with Crippen LogP contribution >= 0.6 is 0 Å². The Morgan fingerprint density at radius 3 is 2.59 bits per heavy atom. The smallest absolute Gasteiger partial charge is 0.355 e. The van der Waals surface area contributed by atoms with Crippen molar-refractivity contribution in [2.45, 2.75) is 33.3 Å². The van der Waals surface area contributed by atoms with Crippen LogP contribution in [0, 0.1) is 6.92 Å². The van der Waals surface area contributed by atoms with Crippen LogP contribution in [0.1, 0.15) is 36.8 Å². The van der Waals surface area contributed by atoms with Crippen LogP contribution in [0.15, 0.2) is 24.3 Å². The second-order valence-corrected chi connectivity index (χ2v) is 5.28. The number of carbonyl (C=O) groups excluding carboxylic acids is 1. The Hall–Kier alpha value is -1.77. The van der Waals surface area contributed by atoms with Crippen LogP contribution in [0.4, 0.5) is 0 Å². The van der Waals surface area contributed by atoms with E-state index >= 15 is 0 Å². The van der Waals surface area contributed by atoms with Crippen molar-refractivity contribution in [1.82, 2.24) is 4.98 Å². The number of ether oxygens (including phenoxy) is 1. The molecule has 0 spiro atoms. The summed E-state index contributed by atoms with van der Waals surface area (Å²) in [6.45, 7) is 7.60. The molecule has 0 bridgehead atoms. The molecule has 2 aromatic rings. The fraction of sp³-hybridized carbons (Fsp3) is 0.357. The predicted molar refractivity (Wildman–Crippen MR) is 68.2 cm³/mol. The number of aryl methyl sites for hydroxylation is 1. The van der Waals surface area contributed by atoms with Gasteiger partial charge in [0, 0.05) is 10.9 Å². The van der Waals surface area contributed by atoms with Gasteiger partial charge < -0.3 is 9.72 Å². The highest BCUT2D eigenvalue weighted by Gasteiger charge is 2.19. The minimum absolute atomic E-state index is 0.314. The number of hydrogen-bond acceptors (Lipinski definition) is 2. The zero-order valence-electron chi connectivity index (χ0n) is 10.6. The van der Waals surface area contributed by atoms with Crippen molar-refractivity contribution in [3.63, 3.8) is 0 Å². The highest BCUT2D eigenvalue weighted by Crippen LogP contribution is 2.19. The van der Waals surface area contributed by atoms with Crippen molar-refractivity contribution >= 4 is 16.9 Å². The Morgan fingerprint density at radius 1 is 1.24 bits per heavy atom. The minimum Gasteiger partial charge on any atom is -0.455 e. The van der Waals surface area contributed by atoms with Crippen molar-refractivity contribution in [2.75, 3.05) is 0 Å². The van der Waals surface area contributed by atoms with Crippen LogP contribution in [-0.4, -0.2) is 16.6 Å². The number of fused-ring (bicyclic) bond motifs is 1. The van der Waals surface area contributed by atoms with Gasteiger partial charge in [0.25, 0.3) is 0 Å². The van der Waals surface area contributed by atoms with E-state index in [1.807, 2.05) is 52.0 Å².